The summed E-state index contributed by atoms with van der Waals surface area (Å²) in [5.74, 6) is -0.0524. The van der Waals surface area contributed by atoms with Crippen molar-refractivity contribution in [1.29, 1.82) is 0 Å². The third kappa shape index (κ3) is 5.84. The van der Waals surface area contributed by atoms with Gasteiger partial charge in [-0.3, -0.25) is 4.90 Å². The van der Waals surface area contributed by atoms with Crippen molar-refractivity contribution in [3.63, 3.8) is 0 Å². The quantitative estimate of drug-likeness (QED) is 0.823. The third-order valence-electron chi connectivity index (χ3n) is 3.06. The molecule has 0 N–H and O–H groups in total. The molecule has 0 fully saturated rings. The summed E-state index contributed by atoms with van der Waals surface area (Å²) in [4.78, 5) is 1.68. The molecule has 1 unspecified atom stereocenters. The van der Waals surface area contributed by atoms with Crippen LogP contribution >= 0.6 is 11.6 Å². The molecule has 3 nitrogen and oxygen atoms in total. The van der Waals surface area contributed by atoms with E-state index in [1.165, 1.54) is 12.1 Å². The second-order valence-electron chi connectivity index (χ2n) is 5.17. The summed E-state index contributed by atoms with van der Waals surface area (Å²) in [6, 6.07) is 3.40. The van der Waals surface area contributed by atoms with Crippen molar-refractivity contribution in [2.24, 2.45) is 0 Å². The number of rotatable bonds is 5. The van der Waals surface area contributed by atoms with Crippen LogP contribution in [0.5, 0.6) is 0 Å². The normalized spacial score (nSPS) is 14.5. The summed E-state index contributed by atoms with van der Waals surface area (Å²) < 4.78 is 60.8. The summed E-state index contributed by atoms with van der Waals surface area (Å²) in [6.45, 7) is 1.92. The van der Waals surface area contributed by atoms with E-state index in [4.69, 9.17) is 11.6 Å². The molecule has 1 rings (SSSR count). The lowest BCUT2D eigenvalue weighted by Crippen LogP contribution is -2.34. The van der Waals surface area contributed by atoms with E-state index >= 15 is 0 Å². The molecule has 0 saturated heterocycles. The Morgan fingerprint density at radius 3 is 2.38 bits per heavy atom. The van der Waals surface area contributed by atoms with Gasteiger partial charge in [-0.25, -0.2) is 8.42 Å². The maximum Gasteiger partial charge on any atom is 0.417 e. The molecule has 8 heteroatoms. The van der Waals surface area contributed by atoms with Gasteiger partial charge in [-0.05, 0) is 31.7 Å². The highest BCUT2D eigenvalue weighted by Crippen LogP contribution is 2.35. The zero-order chi connectivity index (χ0) is 16.4. The lowest BCUT2D eigenvalue weighted by Gasteiger charge is -2.24. The minimum absolute atomic E-state index is 0.0524. The molecule has 0 aliphatic rings. The predicted octanol–water partition coefficient (Wildman–Crippen LogP) is 3.22. The van der Waals surface area contributed by atoms with Crippen LogP contribution in [0.4, 0.5) is 13.2 Å². The Morgan fingerprint density at radius 1 is 1.33 bits per heavy atom. The average molecular weight is 344 g/mol. The molecule has 0 aromatic heterocycles. The molecular formula is C13H17ClF3NO2S. The fraction of sp³-hybridized carbons (Fsp3) is 0.538. The van der Waals surface area contributed by atoms with Crippen LogP contribution in [0.2, 0.25) is 5.02 Å². The molecule has 1 atom stereocenters. The van der Waals surface area contributed by atoms with Crippen molar-refractivity contribution < 1.29 is 21.6 Å². The fourth-order valence-electron chi connectivity index (χ4n) is 1.90. The molecule has 0 heterocycles. The van der Waals surface area contributed by atoms with E-state index in [0.717, 1.165) is 12.3 Å². The summed E-state index contributed by atoms with van der Waals surface area (Å²) in [5, 5.41) is -0.349. The molecule has 1 aromatic rings. The van der Waals surface area contributed by atoms with E-state index < -0.39 is 21.6 Å². The van der Waals surface area contributed by atoms with E-state index in [0.29, 0.717) is 5.56 Å². The zero-order valence-corrected chi connectivity index (χ0v) is 13.5. The first-order valence-corrected chi connectivity index (χ1v) is 8.57. The van der Waals surface area contributed by atoms with Gasteiger partial charge < -0.3 is 0 Å². The van der Waals surface area contributed by atoms with Gasteiger partial charge in [0.1, 0.15) is 9.84 Å². The van der Waals surface area contributed by atoms with Crippen LogP contribution in [0.25, 0.3) is 0 Å². The second-order valence-corrected chi connectivity index (χ2v) is 7.76. The number of sulfone groups is 1. The highest BCUT2D eigenvalue weighted by Gasteiger charge is 2.33. The molecule has 120 valence electrons. The Hall–Kier alpha value is -0.790. The molecule has 0 aliphatic carbocycles. The first-order valence-electron chi connectivity index (χ1n) is 6.14. The Balaban J connectivity index is 2.89. The summed E-state index contributed by atoms with van der Waals surface area (Å²) in [7, 11) is -1.48. The number of hydrogen-bond acceptors (Lipinski definition) is 3. The number of hydrogen-bond donors (Lipinski definition) is 0. The minimum Gasteiger partial charge on any atom is -0.298 e. The molecule has 1 aromatic carbocycles. The van der Waals surface area contributed by atoms with Crippen molar-refractivity contribution in [1.82, 2.24) is 4.90 Å². The van der Waals surface area contributed by atoms with E-state index in [1.54, 1.807) is 18.9 Å². The van der Waals surface area contributed by atoms with Crippen molar-refractivity contribution >= 4 is 21.4 Å². The van der Waals surface area contributed by atoms with Crippen molar-refractivity contribution in [3.8, 4) is 0 Å². The van der Waals surface area contributed by atoms with Gasteiger partial charge in [-0.1, -0.05) is 17.7 Å². The Labute approximate surface area is 127 Å². The van der Waals surface area contributed by atoms with E-state index in [2.05, 4.69) is 0 Å². The van der Waals surface area contributed by atoms with Gasteiger partial charge in [0, 0.05) is 18.8 Å². The summed E-state index contributed by atoms with van der Waals surface area (Å²) in [6.07, 6.45) is -3.38. The Bertz CT molecular complexity index is 602. The maximum absolute atomic E-state index is 12.8. The number of alkyl halides is 3. The minimum atomic E-state index is -4.51. The van der Waals surface area contributed by atoms with Gasteiger partial charge in [-0.15, -0.1) is 0 Å². The number of benzene rings is 1. The van der Waals surface area contributed by atoms with Crippen LogP contribution < -0.4 is 0 Å². The van der Waals surface area contributed by atoms with Crippen LogP contribution in [0, 0.1) is 0 Å². The maximum atomic E-state index is 12.8. The topological polar surface area (TPSA) is 37.4 Å². The molecule has 21 heavy (non-hydrogen) atoms. The van der Waals surface area contributed by atoms with Gasteiger partial charge >= 0.3 is 6.18 Å². The Morgan fingerprint density at radius 2 is 1.90 bits per heavy atom. The lowest BCUT2D eigenvalue weighted by molar-refractivity contribution is -0.137. The lowest BCUT2D eigenvalue weighted by atomic mass is 10.1. The number of nitrogens with zero attached hydrogens (tertiary/aromatic N) is 1. The van der Waals surface area contributed by atoms with Crippen LogP contribution in [0.1, 0.15) is 18.1 Å². The van der Waals surface area contributed by atoms with E-state index in [9.17, 15) is 21.6 Å². The van der Waals surface area contributed by atoms with Gasteiger partial charge in [0.15, 0.2) is 0 Å². The SMILES string of the molecule is CC(CS(C)(=O)=O)N(C)Cc1ccc(Cl)c(C(F)(F)F)c1. The van der Waals surface area contributed by atoms with Crippen molar-refractivity contribution in [3.05, 3.63) is 34.3 Å². The number of halogens is 4. The highest BCUT2D eigenvalue weighted by molar-refractivity contribution is 7.90. The van der Waals surface area contributed by atoms with Gasteiger partial charge in [0.2, 0.25) is 0 Å². The zero-order valence-electron chi connectivity index (χ0n) is 11.9. The Kier molecular flexibility index (Phi) is 5.69. The molecule has 0 amide bonds. The predicted molar refractivity (Wildman–Crippen MR) is 77.1 cm³/mol. The molecule has 0 bridgehead atoms. The largest absolute Gasteiger partial charge is 0.417 e. The summed E-state index contributed by atoms with van der Waals surface area (Å²) >= 11 is 5.55. The van der Waals surface area contributed by atoms with Crippen molar-refractivity contribution in [2.75, 3.05) is 19.1 Å². The van der Waals surface area contributed by atoms with Crippen LogP contribution in [0.15, 0.2) is 18.2 Å². The van der Waals surface area contributed by atoms with Crippen LogP contribution in [-0.4, -0.2) is 38.4 Å². The van der Waals surface area contributed by atoms with Crippen molar-refractivity contribution in [2.45, 2.75) is 25.7 Å². The standard InChI is InChI=1S/C13H17ClF3NO2S/c1-9(8-21(3,19)20)18(2)7-10-4-5-12(14)11(6-10)13(15,16)17/h4-6,9H,7-8H2,1-3H3. The molecule has 0 radical (unpaired) electrons. The van der Waals surface area contributed by atoms with E-state index in [1.807, 2.05) is 0 Å². The average Bonchev–Trinajstić information content (AvgIpc) is 2.27. The third-order valence-corrected chi connectivity index (χ3v) is 4.48. The molecule has 0 saturated carbocycles. The first-order chi connectivity index (χ1) is 9.40. The first kappa shape index (κ1) is 18.3. The smallest absolute Gasteiger partial charge is 0.298 e. The van der Waals surface area contributed by atoms with Gasteiger partial charge in [-0.2, -0.15) is 13.2 Å². The van der Waals surface area contributed by atoms with Gasteiger partial charge in [0.05, 0.1) is 16.3 Å². The van der Waals surface area contributed by atoms with Crippen LogP contribution in [-0.2, 0) is 22.6 Å². The molecule has 0 aliphatic heterocycles. The molecule has 0 spiro atoms. The second kappa shape index (κ2) is 6.54. The fourth-order valence-corrected chi connectivity index (χ4v) is 3.25. The van der Waals surface area contributed by atoms with E-state index in [-0.39, 0.29) is 23.4 Å². The van der Waals surface area contributed by atoms with Crippen LogP contribution in [0.3, 0.4) is 0 Å². The van der Waals surface area contributed by atoms with Gasteiger partial charge in [0.25, 0.3) is 0 Å². The molecular weight excluding hydrogens is 327 g/mol. The summed E-state index contributed by atoms with van der Waals surface area (Å²) in [5.41, 5.74) is -0.458. The monoisotopic (exact) mass is 343 g/mol. The highest BCUT2D eigenvalue weighted by atomic mass is 35.5.